The molecule has 134 valence electrons. The van der Waals surface area contributed by atoms with Crippen molar-refractivity contribution in [3.8, 4) is 0 Å². The van der Waals surface area contributed by atoms with Gasteiger partial charge in [0.05, 0.1) is 6.67 Å². The Kier molecular flexibility index (Phi) is 4.07. The molecule has 0 aromatic heterocycles. The van der Waals surface area contributed by atoms with E-state index >= 15 is 0 Å². The van der Waals surface area contributed by atoms with E-state index in [1.807, 2.05) is 13.0 Å². The van der Waals surface area contributed by atoms with Gasteiger partial charge in [-0.25, -0.2) is 9.69 Å². The summed E-state index contributed by atoms with van der Waals surface area (Å²) in [5, 5.41) is 2.95. The minimum absolute atomic E-state index is 0.130. The first-order valence-electron chi connectivity index (χ1n) is 9.46. The van der Waals surface area contributed by atoms with Crippen LogP contribution in [0, 0.1) is 5.92 Å². The van der Waals surface area contributed by atoms with Crippen molar-refractivity contribution < 1.29 is 9.59 Å². The van der Waals surface area contributed by atoms with Gasteiger partial charge in [-0.2, -0.15) is 0 Å². The predicted molar refractivity (Wildman–Crippen MR) is 96.0 cm³/mol. The first-order valence-corrected chi connectivity index (χ1v) is 9.46. The van der Waals surface area contributed by atoms with Crippen molar-refractivity contribution >= 4 is 11.9 Å². The zero-order valence-corrected chi connectivity index (χ0v) is 15.2. The average molecular weight is 341 g/mol. The molecule has 2 fully saturated rings. The molecule has 4 rings (SSSR count). The summed E-state index contributed by atoms with van der Waals surface area (Å²) in [5.41, 5.74) is 2.66. The maximum atomic E-state index is 13.1. The molecule has 0 bridgehead atoms. The van der Waals surface area contributed by atoms with Crippen molar-refractivity contribution in [2.24, 2.45) is 5.92 Å². The van der Waals surface area contributed by atoms with Crippen LogP contribution in [0.25, 0.3) is 0 Å². The van der Waals surface area contributed by atoms with Crippen molar-refractivity contribution in [2.45, 2.75) is 51.5 Å². The Labute approximate surface area is 149 Å². The quantitative estimate of drug-likeness (QED) is 0.860. The van der Waals surface area contributed by atoms with Crippen LogP contribution in [0.5, 0.6) is 0 Å². The van der Waals surface area contributed by atoms with Crippen molar-refractivity contribution in [2.75, 3.05) is 19.8 Å². The lowest BCUT2D eigenvalue weighted by atomic mass is 9.90. The number of piperidine rings is 1. The molecule has 5 heteroatoms. The van der Waals surface area contributed by atoms with Crippen LogP contribution in [0.4, 0.5) is 4.79 Å². The van der Waals surface area contributed by atoms with Gasteiger partial charge in [-0.15, -0.1) is 0 Å². The second-order valence-electron chi connectivity index (χ2n) is 8.07. The molecular formula is C20H27N3O2. The number of nitrogens with one attached hydrogen (secondary N) is 1. The molecule has 1 unspecified atom stereocenters. The third kappa shape index (κ3) is 2.84. The number of rotatable bonds is 3. The summed E-state index contributed by atoms with van der Waals surface area (Å²) in [7, 11) is 0. The van der Waals surface area contributed by atoms with E-state index in [0.29, 0.717) is 6.67 Å². The zero-order chi connectivity index (χ0) is 17.6. The molecule has 2 saturated heterocycles. The van der Waals surface area contributed by atoms with Crippen molar-refractivity contribution in [3.05, 3.63) is 34.9 Å². The summed E-state index contributed by atoms with van der Waals surface area (Å²) in [5.74, 6) is 0.602. The number of hydrogen-bond acceptors (Lipinski definition) is 3. The monoisotopic (exact) mass is 341 g/mol. The summed E-state index contributed by atoms with van der Waals surface area (Å²) in [6, 6.07) is 5.98. The molecule has 1 atom stereocenters. The highest BCUT2D eigenvalue weighted by atomic mass is 16.2. The van der Waals surface area contributed by atoms with E-state index < -0.39 is 5.54 Å². The molecule has 1 aromatic carbocycles. The molecular weight excluding hydrogens is 314 g/mol. The van der Waals surface area contributed by atoms with Gasteiger partial charge >= 0.3 is 6.03 Å². The lowest BCUT2D eigenvalue weighted by Crippen LogP contribution is -2.46. The van der Waals surface area contributed by atoms with Crippen molar-refractivity contribution in [1.29, 1.82) is 0 Å². The Morgan fingerprint density at radius 3 is 2.64 bits per heavy atom. The number of amides is 3. The summed E-state index contributed by atoms with van der Waals surface area (Å²) >= 11 is 0. The highest BCUT2D eigenvalue weighted by Crippen LogP contribution is 2.33. The van der Waals surface area contributed by atoms with Crippen LogP contribution >= 0.6 is 0 Å². The number of nitrogens with zero attached hydrogens (tertiary/aromatic N) is 2. The van der Waals surface area contributed by atoms with Gasteiger partial charge < -0.3 is 5.32 Å². The van der Waals surface area contributed by atoms with Gasteiger partial charge in [0.1, 0.15) is 5.54 Å². The summed E-state index contributed by atoms with van der Waals surface area (Å²) < 4.78 is 0. The smallest absolute Gasteiger partial charge is 0.319 e. The maximum Gasteiger partial charge on any atom is 0.326 e. The molecule has 3 amide bonds. The number of imide groups is 1. The van der Waals surface area contributed by atoms with Gasteiger partial charge in [0.2, 0.25) is 0 Å². The fourth-order valence-corrected chi connectivity index (χ4v) is 4.31. The normalized spacial score (nSPS) is 27.7. The number of aryl methyl sites for hydroxylation is 2. The van der Waals surface area contributed by atoms with Gasteiger partial charge in [-0.1, -0.05) is 25.1 Å². The fraction of sp³-hybridized carbons (Fsp3) is 0.600. The minimum atomic E-state index is -0.947. The first-order chi connectivity index (χ1) is 12.0. The Bertz CT molecular complexity index is 709. The molecule has 5 nitrogen and oxygen atoms in total. The van der Waals surface area contributed by atoms with Gasteiger partial charge in [0.15, 0.2) is 0 Å². The highest BCUT2D eigenvalue weighted by Gasteiger charge is 2.49. The van der Waals surface area contributed by atoms with Gasteiger partial charge in [0.25, 0.3) is 5.91 Å². The van der Waals surface area contributed by atoms with E-state index in [9.17, 15) is 9.59 Å². The lowest BCUT2D eigenvalue weighted by Gasteiger charge is -2.32. The minimum Gasteiger partial charge on any atom is -0.319 e. The second kappa shape index (κ2) is 6.13. The Morgan fingerprint density at radius 1 is 1.16 bits per heavy atom. The third-order valence-corrected chi connectivity index (χ3v) is 6.17. The molecule has 0 radical (unpaired) electrons. The standard InChI is InChI=1S/C20H27N3O2/c1-14-8-10-22(11-9-14)13-23-18(24)20(2,21-19(23)25)17-7-6-15-4-3-5-16(15)12-17/h6-7,12,14H,3-5,8-11,13H2,1-2H3,(H,21,25). The largest absolute Gasteiger partial charge is 0.326 e. The molecule has 0 spiro atoms. The third-order valence-electron chi connectivity index (χ3n) is 6.17. The van der Waals surface area contributed by atoms with Crippen molar-refractivity contribution in [1.82, 2.24) is 15.1 Å². The molecule has 2 aliphatic heterocycles. The van der Waals surface area contributed by atoms with E-state index in [4.69, 9.17) is 0 Å². The van der Waals surface area contributed by atoms with E-state index in [2.05, 4.69) is 29.3 Å². The first kappa shape index (κ1) is 16.6. The molecule has 1 aliphatic carbocycles. The van der Waals surface area contributed by atoms with Crippen LogP contribution in [0.3, 0.4) is 0 Å². The van der Waals surface area contributed by atoms with Gasteiger partial charge in [-0.05, 0) is 61.6 Å². The van der Waals surface area contributed by atoms with Crippen LogP contribution in [-0.2, 0) is 23.2 Å². The molecule has 2 heterocycles. The Morgan fingerprint density at radius 2 is 1.88 bits per heavy atom. The van der Waals surface area contributed by atoms with Gasteiger partial charge in [0, 0.05) is 13.1 Å². The number of benzene rings is 1. The second-order valence-corrected chi connectivity index (χ2v) is 8.07. The van der Waals surface area contributed by atoms with Crippen LogP contribution in [0.15, 0.2) is 18.2 Å². The van der Waals surface area contributed by atoms with Gasteiger partial charge in [-0.3, -0.25) is 9.69 Å². The SMILES string of the molecule is CC1CCN(CN2C(=O)NC(C)(c3ccc4c(c3)CCC4)C2=O)CC1. The predicted octanol–water partition coefficient (Wildman–Crippen LogP) is 2.63. The molecule has 0 saturated carbocycles. The highest BCUT2D eigenvalue weighted by molar-refractivity contribution is 6.07. The molecule has 3 aliphatic rings. The molecule has 25 heavy (non-hydrogen) atoms. The number of fused-ring (bicyclic) bond motifs is 1. The van der Waals surface area contributed by atoms with Crippen LogP contribution in [0.2, 0.25) is 0 Å². The summed E-state index contributed by atoms with van der Waals surface area (Å²) in [4.78, 5) is 29.2. The number of carbonyl (C=O) groups is 2. The lowest BCUT2D eigenvalue weighted by molar-refractivity contribution is -0.132. The summed E-state index contributed by atoms with van der Waals surface area (Å²) in [6.45, 7) is 6.40. The average Bonchev–Trinajstić information content (AvgIpc) is 3.15. The fourth-order valence-electron chi connectivity index (χ4n) is 4.31. The molecule has 1 N–H and O–H groups in total. The van der Waals surface area contributed by atoms with E-state index in [-0.39, 0.29) is 11.9 Å². The summed E-state index contributed by atoms with van der Waals surface area (Å²) in [6.07, 6.45) is 5.62. The topological polar surface area (TPSA) is 52.6 Å². The van der Waals surface area contributed by atoms with Crippen molar-refractivity contribution in [3.63, 3.8) is 0 Å². The van der Waals surface area contributed by atoms with Crippen LogP contribution in [-0.4, -0.2) is 41.5 Å². The van der Waals surface area contributed by atoms with E-state index in [1.54, 1.807) is 0 Å². The maximum absolute atomic E-state index is 13.1. The number of likely N-dealkylation sites (tertiary alicyclic amines) is 1. The number of hydrogen-bond donors (Lipinski definition) is 1. The van der Waals surface area contributed by atoms with Crippen LogP contribution in [0.1, 0.15) is 49.8 Å². The number of carbonyl (C=O) groups excluding carboxylic acids is 2. The van der Waals surface area contributed by atoms with Crippen LogP contribution < -0.4 is 5.32 Å². The van der Waals surface area contributed by atoms with E-state index in [1.165, 1.54) is 22.4 Å². The van der Waals surface area contributed by atoms with E-state index in [0.717, 1.165) is 50.3 Å². The Hall–Kier alpha value is -1.88. The number of urea groups is 1. The molecule has 1 aromatic rings. The Balaban J connectivity index is 1.53. The zero-order valence-electron chi connectivity index (χ0n) is 15.2.